The van der Waals surface area contributed by atoms with E-state index in [1.54, 1.807) is 0 Å². The molecule has 174 valence electrons. The summed E-state index contributed by atoms with van der Waals surface area (Å²) in [5.74, 6) is 1.02. The SMILES string of the molecule is Cc1c(CCC(=O)NC2CCCC2)c(=O)n2nc(-c3ccccc3)nc2n1Cc1ccccc1. The summed E-state index contributed by atoms with van der Waals surface area (Å²) in [5, 5.41) is 7.69. The molecule has 1 amide bonds. The number of nitrogens with one attached hydrogen (secondary N) is 1. The van der Waals surface area contributed by atoms with Gasteiger partial charge >= 0.3 is 0 Å². The number of carbonyl (C=O) groups is 1. The Kier molecular flexibility index (Phi) is 6.25. The number of amides is 1. The topological polar surface area (TPSA) is 81.3 Å². The van der Waals surface area contributed by atoms with Crippen LogP contribution in [0.1, 0.15) is 48.9 Å². The smallest absolute Gasteiger partial charge is 0.279 e. The van der Waals surface area contributed by atoms with Gasteiger partial charge in [-0.25, -0.2) is 0 Å². The molecule has 0 aliphatic heterocycles. The van der Waals surface area contributed by atoms with Crippen LogP contribution in [0.25, 0.3) is 17.2 Å². The van der Waals surface area contributed by atoms with Crippen molar-refractivity contribution >= 4 is 11.7 Å². The number of rotatable bonds is 7. The molecule has 0 saturated heterocycles. The number of hydrogen-bond donors (Lipinski definition) is 1. The number of benzene rings is 2. The Morgan fingerprint density at radius 1 is 1.03 bits per heavy atom. The molecule has 1 fully saturated rings. The van der Waals surface area contributed by atoms with Crippen LogP contribution in [0.15, 0.2) is 65.5 Å². The maximum atomic E-state index is 13.5. The highest BCUT2D eigenvalue weighted by atomic mass is 16.1. The summed E-state index contributed by atoms with van der Waals surface area (Å²) in [6, 6.07) is 20.0. The lowest BCUT2D eigenvalue weighted by atomic mass is 10.1. The van der Waals surface area contributed by atoms with E-state index in [9.17, 15) is 9.59 Å². The predicted octanol–water partition coefficient (Wildman–Crippen LogP) is 3.91. The second kappa shape index (κ2) is 9.63. The number of aromatic nitrogens is 4. The summed E-state index contributed by atoms with van der Waals surface area (Å²) in [6.07, 6.45) is 5.07. The molecule has 2 aromatic carbocycles. The van der Waals surface area contributed by atoms with Crippen LogP contribution in [0.5, 0.6) is 0 Å². The lowest BCUT2D eigenvalue weighted by Crippen LogP contribution is -2.33. The van der Waals surface area contributed by atoms with Crippen LogP contribution in [0.2, 0.25) is 0 Å². The van der Waals surface area contributed by atoms with Crippen molar-refractivity contribution in [1.82, 2.24) is 24.5 Å². The van der Waals surface area contributed by atoms with E-state index >= 15 is 0 Å². The number of nitrogens with zero attached hydrogens (tertiary/aromatic N) is 4. The predicted molar refractivity (Wildman–Crippen MR) is 132 cm³/mol. The standard InChI is InChI=1S/C27H29N5O2/c1-19-23(16-17-24(33)28-22-14-8-9-15-22)26(34)32-27(31(19)18-20-10-4-2-5-11-20)29-25(30-32)21-12-6-3-7-13-21/h2-7,10-13,22H,8-9,14-18H2,1H3,(H,28,33). The maximum absolute atomic E-state index is 13.5. The van der Waals surface area contributed by atoms with E-state index in [0.717, 1.165) is 29.7 Å². The Morgan fingerprint density at radius 3 is 2.41 bits per heavy atom. The van der Waals surface area contributed by atoms with Crippen LogP contribution in [-0.2, 0) is 17.8 Å². The number of hydrogen-bond acceptors (Lipinski definition) is 4. The van der Waals surface area contributed by atoms with Gasteiger partial charge in [-0.15, -0.1) is 5.10 Å². The lowest BCUT2D eigenvalue weighted by Gasteiger charge is -2.16. The number of carbonyl (C=O) groups excluding carboxylic acids is 1. The van der Waals surface area contributed by atoms with Gasteiger partial charge in [-0.3, -0.25) is 9.59 Å². The van der Waals surface area contributed by atoms with Crippen molar-refractivity contribution in [3.05, 3.63) is 87.8 Å². The third kappa shape index (κ3) is 4.51. The molecule has 1 aliphatic rings. The second-order valence-electron chi connectivity index (χ2n) is 9.00. The van der Waals surface area contributed by atoms with Crippen LogP contribution in [0.3, 0.4) is 0 Å². The zero-order valence-corrected chi connectivity index (χ0v) is 19.4. The minimum atomic E-state index is -0.208. The van der Waals surface area contributed by atoms with Crippen molar-refractivity contribution in [3.8, 4) is 11.4 Å². The van der Waals surface area contributed by atoms with Crippen molar-refractivity contribution in [2.45, 2.75) is 58.0 Å². The van der Waals surface area contributed by atoms with E-state index < -0.39 is 0 Å². The summed E-state index contributed by atoms with van der Waals surface area (Å²) in [4.78, 5) is 30.8. The van der Waals surface area contributed by atoms with Crippen molar-refractivity contribution in [3.63, 3.8) is 0 Å². The van der Waals surface area contributed by atoms with Gasteiger partial charge in [0.15, 0.2) is 5.82 Å². The fourth-order valence-electron chi connectivity index (χ4n) is 4.77. The minimum Gasteiger partial charge on any atom is -0.353 e. The average Bonchev–Trinajstić information content (AvgIpc) is 3.53. The molecule has 0 atom stereocenters. The van der Waals surface area contributed by atoms with Crippen molar-refractivity contribution in [2.75, 3.05) is 0 Å². The van der Waals surface area contributed by atoms with E-state index in [1.807, 2.05) is 60.0 Å². The molecule has 2 heterocycles. The molecular weight excluding hydrogens is 426 g/mol. The zero-order chi connectivity index (χ0) is 23.5. The molecule has 4 aromatic rings. The monoisotopic (exact) mass is 455 g/mol. The molecule has 0 spiro atoms. The quantitative estimate of drug-likeness (QED) is 0.458. The summed E-state index contributed by atoms with van der Waals surface area (Å²) in [5.41, 5.74) is 3.18. The van der Waals surface area contributed by atoms with E-state index in [0.29, 0.717) is 30.1 Å². The van der Waals surface area contributed by atoms with Gasteiger partial charge in [0, 0.05) is 29.3 Å². The van der Waals surface area contributed by atoms with Crippen molar-refractivity contribution < 1.29 is 4.79 Å². The van der Waals surface area contributed by atoms with Gasteiger partial charge in [-0.05, 0) is 31.7 Å². The van der Waals surface area contributed by atoms with Crippen molar-refractivity contribution in [2.24, 2.45) is 0 Å². The third-order valence-corrected chi connectivity index (χ3v) is 6.66. The van der Waals surface area contributed by atoms with E-state index in [4.69, 9.17) is 4.98 Å². The molecule has 0 unspecified atom stereocenters. The molecule has 5 rings (SSSR count). The summed E-state index contributed by atoms with van der Waals surface area (Å²) >= 11 is 0. The molecular formula is C27H29N5O2. The fourth-order valence-corrected chi connectivity index (χ4v) is 4.77. The van der Waals surface area contributed by atoms with E-state index in [-0.39, 0.29) is 23.9 Å². The zero-order valence-electron chi connectivity index (χ0n) is 19.4. The Labute approximate surface area is 198 Å². The summed E-state index contributed by atoms with van der Waals surface area (Å²) < 4.78 is 3.42. The maximum Gasteiger partial charge on any atom is 0.279 e. The molecule has 1 saturated carbocycles. The van der Waals surface area contributed by atoms with Crippen LogP contribution < -0.4 is 10.9 Å². The van der Waals surface area contributed by atoms with E-state index in [2.05, 4.69) is 22.5 Å². The van der Waals surface area contributed by atoms with Gasteiger partial charge in [0.05, 0.1) is 6.54 Å². The normalized spacial score (nSPS) is 14.0. The first-order valence-electron chi connectivity index (χ1n) is 12.0. The molecule has 0 radical (unpaired) electrons. The van der Waals surface area contributed by atoms with Crippen LogP contribution >= 0.6 is 0 Å². The Balaban J connectivity index is 1.53. The molecule has 34 heavy (non-hydrogen) atoms. The second-order valence-corrected chi connectivity index (χ2v) is 9.00. The Bertz CT molecular complexity index is 1350. The van der Waals surface area contributed by atoms with Crippen LogP contribution in [0, 0.1) is 6.92 Å². The van der Waals surface area contributed by atoms with Crippen LogP contribution in [-0.4, -0.2) is 31.1 Å². The van der Waals surface area contributed by atoms with Gasteiger partial charge in [0.1, 0.15) is 0 Å². The molecule has 7 nitrogen and oxygen atoms in total. The van der Waals surface area contributed by atoms with Gasteiger partial charge in [0.2, 0.25) is 11.7 Å². The first kappa shape index (κ1) is 22.1. The largest absolute Gasteiger partial charge is 0.353 e. The van der Waals surface area contributed by atoms with Crippen molar-refractivity contribution in [1.29, 1.82) is 0 Å². The summed E-state index contributed by atoms with van der Waals surface area (Å²) in [6.45, 7) is 2.50. The minimum absolute atomic E-state index is 0.00368. The van der Waals surface area contributed by atoms with Crippen LogP contribution in [0.4, 0.5) is 0 Å². The van der Waals surface area contributed by atoms with E-state index in [1.165, 1.54) is 17.4 Å². The van der Waals surface area contributed by atoms with Gasteiger partial charge in [-0.2, -0.15) is 9.50 Å². The number of fused-ring (bicyclic) bond motifs is 1. The first-order valence-corrected chi connectivity index (χ1v) is 12.0. The first-order chi connectivity index (χ1) is 16.6. The third-order valence-electron chi connectivity index (χ3n) is 6.66. The molecule has 7 heteroatoms. The molecule has 0 bridgehead atoms. The highest BCUT2D eigenvalue weighted by Gasteiger charge is 2.21. The van der Waals surface area contributed by atoms with Gasteiger partial charge < -0.3 is 9.88 Å². The Morgan fingerprint density at radius 2 is 1.71 bits per heavy atom. The highest BCUT2D eigenvalue weighted by Crippen LogP contribution is 2.20. The van der Waals surface area contributed by atoms with Gasteiger partial charge in [-0.1, -0.05) is 73.5 Å². The molecule has 1 N–H and O–H groups in total. The van der Waals surface area contributed by atoms with Gasteiger partial charge in [0.25, 0.3) is 5.56 Å². The average molecular weight is 456 g/mol. The Hall–Kier alpha value is -3.74. The highest BCUT2D eigenvalue weighted by molar-refractivity contribution is 5.76. The molecule has 2 aromatic heterocycles. The lowest BCUT2D eigenvalue weighted by molar-refractivity contribution is -0.121. The molecule has 1 aliphatic carbocycles. The fraction of sp³-hybridized carbons (Fsp3) is 0.333. The summed E-state index contributed by atoms with van der Waals surface area (Å²) in [7, 11) is 0.